The van der Waals surface area contributed by atoms with E-state index in [-0.39, 0.29) is 24.3 Å². The summed E-state index contributed by atoms with van der Waals surface area (Å²) in [7, 11) is 0. The zero-order valence-corrected chi connectivity index (χ0v) is 12.0. The fraction of sp³-hybridized carbons (Fsp3) is 0.846. The molecule has 2 aliphatic heterocycles. The van der Waals surface area contributed by atoms with Crippen LogP contribution in [0.4, 0.5) is 4.79 Å². The summed E-state index contributed by atoms with van der Waals surface area (Å²) in [6, 6.07) is -0.138. The van der Waals surface area contributed by atoms with Gasteiger partial charge in [0.1, 0.15) is 17.7 Å². The monoisotopic (exact) mass is 269 g/mol. The van der Waals surface area contributed by atoms with Crippen LogP contribution in [0.2, 0.25) is 0 Å². The number of ether oxygens (including phenoxy) is 2. The SMILES string of the molecule is CCC(N)C1=NC2CN(C(=O)OC(C)(C)C)CC2O1. The van der Waals surface area contributed by atoms with Crippen molar-refractivity contribution in [2.75, 3.05) is 13.1 Å². The zero-order chi connectivity index (χ0) is 14.2. The molecule has 0 radical (unpaired) electrons. The van der Waals surface area contributed by atoms with Crippen molar-refractivity contribution in [3.8, 4) is 0 Å². The molecule has 6 heteroatoms. The summed E-state index contributed by atoms with van der Waals surface area (Å²) in [5.74, 6) is 0.626. The van der Waals surface area contributed by atoms with Crippen LogP contribution in [0.15, 0.2) is 4.99 Å². The Kier molecular flexibility index (Phi) is 3.71. The Hall–Kier alpha value is -1.30. The van der Waals surface area contributed by atoms with Gasteiger partial charge in [-0.15, -0.1) is 0 Å². The molecule has 108 valence electrons. The smallest absolute Gasteiger partial charge is 0.410 e. The molecule has 6 nitrogen and oxygen atoms in total. The third kappa shape index (κ3) is 3.18. The van der Waals surface area contributed by atoms with Gasteiger partial charge in [-0.25, -0.2) is 9.79 Å². The van der Waals surface area contributed by atoms with Gasteiger partial charge in [-0.1, -0.05) is 6.92 Å². The highest BCUT2D eigenvalue weighted by Crippen LogP contribution is 2.25. The van der Waals surface area contributed by atoms with Gasteiger partial charge in [0, 0.05) is 0 Å². The predicted molar refractivity (Wildman–Crippen MR) is 72.2 cm³/mol. The summed E-state index contributed by atoms with van der Waals surface area (Å²) in [6.07, 6.45) is 0.427. The molecule has 0 aromatic carbocycles. The molecule has 2 rings (SSSR count). The van der Waals surface area contributed by atoms with E-state index in [2.05, 4.69) is 4.99 Å². The van der Waals surface area contributed by atoms with Crippen molar-refractivity contribution in [1.29, 1.82) is 0 Å². The molecule has 0 aromatic rings. The Morgan fingerprint density at radius 1 is 1.58 bits per heavy atom. The van der Waals surface area contributed by atoms with E-state index in [1.807, 2.05) is 27.7 Å². The first-order valence-corrected chi connectivity index (χ1v) is 6.78. The molecule has 1 amide bonds. The predicted octanol–water partition coefficient (Wildman–Crippen LogP) is 1.14. The maximum atomic E-state index is 11.9. The average molecular weight is 269 g/mol. The first kappa shape index (κ1) is 14.1. The van der Waals surface area contributed by atoms with Gasteiger partial charge >= 0.3 is 6.09 Å². The van der Waals surface area contributed by atoms with E-state index in [4.69, 9.17) is 15.2 Å². The van der Waals surface area contributed by atoms with E-state index in [0.29, 0.717) is 19.0 Å². The number of hydrogen-bond donors (Lipinski definition) is 1. The highest BCUT2D eigenvalue weighted by Gasteiger charge is 2.43. The number of carbonyl (C=O) groups excluding carboxylic acids is 1. The van der Waals surface area contributed by atoms with Crippen molar-refractivity contribution < 1.29 is 14.3 Å². The second-order valence-corrected chi connectivity index (χ2v) is 6.09. The van der Waals surface area contributed by atoms with E-state index in [1.165, 1.54) is 0 Å². The molecule has 0 spiro atoms. The highest BCUT2D eigenvalue weighted by atomic mass is 16.6. The largest absolute Gasteiger partial charge is 0.472 e. The minimum absolute atomic E-state index is 0.000110. The lowest BCUT2D eigenvalue weighted by atomic mass is 10.2. The van der Waals surface area contributed by atoms with Crippen molar-refractivity contribution in [3.05, 3.63) is 0 Å². The molecule has 3 unspecified atom stereocenters. The number of fused-ring (bicyclic) bond motifs is 1. The standard InChI is InChI=1S/C13H23N3O3/c1-5-8(14)11-15-9-6-16(7-10(9)18-11)12(17)19-13(2,3)4/h8-10H,5-7,14H2,1-4H3. The number of amides is 1. The van der Waals surface area contributed by atoms with Crippen LogP contribution in [0, 0.1) is 0 Å². The highest BCUT2D eigenvalue weighted by molar-refractivity contribution is 5.83. The molecule has 2 heterocycles. The lowest BCUT2D eigenvalue weighted by Crippen LogP contribution is -2.37. The molecule has 0 bridgehead atoms. The van der Waals surface area contributed by atoms with E-state index in [1.54, 1.807) is 4.90 Å². The number of rotatable bonds is 2. The molecule has 3 atom stereocenters. The minimum Gasteiger partial charge on any atom is -0.472 e. The lowest BCUT2D eigenvalue weighted by Gasteiger charge is -2.24. The van der Waals surface area contributed by atoms with E-state index < -0.39 is 5.60 Å². The topological polar surface area (TPSA) is 77.2 Å². The molecule has 0 aliphatic carbocycles. The molecule has 2 aliphatic rings. The van der Waals surface area contributed by atoms with E-state index in [0.717, 1.165) is 6.42 Å². The van der Waals surface area contributed by atoms with Gasteiger partial charge in [0.25, 0.3) is 0 Å². The number of carbonyl (C=O) groups is 1. The Labute approximate surface area is 113 Å². The molecular formula is C13H23N3O3. The fourth-order valence-corrected chi connectivity index (χ4v) is 2.18. The van der Waals surface area contributed by atoms with Crippen LogP contribution in [-0.2, 0) is 9.47 Å². The second kappa shape index (κ2) is 5.00. The third-order valence-corrected chi connectivity index (χ3v) is 3.21. The number of hydrogen-bond acceptors (Lipinski definition) is 5. The first-order chi connectivity index (χ1) is 8.80. The van der Waals surface area contributed by atoms with Crippen LogP contribution < -0.4 is 5.73 Å². The number of nitrogens with zero attached hydrogens (tertiary/aromatic N) is 2. The molecule has 19 heavy (non-hydrogen) atoms. The quantitative estimate of drug-likeness (QED) is 0.815. The molecule has 0 saturated carbocycles. The Morgan fingerprint density at radius 3 is 2.79 bits per heavy atom. The van der Waals surface area contributed by atoms with E-state index in [9.17, 15) is 4.79 Å². The number of nitrogens with two attached hydrogens (primary N) is 1. The Bertz CT molecular complexity index is 389. The van der Waals surface area contributed by atoms with Crippen LogP contribution in [0.1, 0.15) is 34.1 Å². The van der Waals surface area contributed by atoms with Crippen molar-refractivity contribution >= 4 is 12.0 Å². The van der Waals surface area contributed by atoms with Gasteiger partial charge in [0.15, 0.2) is 0 Å². The Morgan fingerprint density at radius 2 is 2.26 bits per heavy atom. The van der Waals surface area contributed by atoms with Crippen LogP contribution in [0.25, 0.3) is 0 Å². The normalized spacial score (nSPS) is 27.6. The third-order valence-electron chi connectivity index (χ3n) is 3.21. The second-order valence-electron chi connectivity index (χ2n) is 6.09. The van der Waals surface area contributed by atoms with Gasteiger partial charge in [-0.3, -0.25) is 0 Å². The van der Waals surface area contributed by atoms with Crippen LogP contribution in [0.5, 0.6) is 0 Å². The maximum absolute atomic E-state index is 11.9. The van der Waals surface area contributed by atoms with Gasteiger partial charge < -0.3 is 20.1 Å². The van der Waals surface area contributed by atoms with Crippen LogP contribution >= 0.6 is 0 Å². The number of likely N-dealkylation sites (tertiary alicyclic amines) is 1. The molecular weight excluding hydrogens is 246 g/mol. The van der Waals surface area contributed by atoms with Gasteiger partial charge in [0.2, 0.25) is 5.90 Å². The van der Waals surface area contributed by atoms with Gasteiger partial charge in [-0.05, 0) is 27.2 Å². The number of aliphatic imine (C=N–C) groups is 1. The summed E-state index contributed by atoms with van der Waals surface area (Å²) in [5.41, 5.74) is 5.42. The first-order valence-electron chi connectivity index (χ1n) is 6.78. The zero-order valence-electron chi connectivity index (χ0n) is 12.0. The average Bonchev–Trinajstić information content (AvgIpc) is 2.82. The summed E-state index contributed by atoms with van der Waals surface area (Å²) in [5, 5.41) is 0. The maximum Gasteiger partial charge on any atom is 0.410 e. The summed E-state index contributed by atoms with van der Waals surface area (Å²) < 4.78 is 11.1. The molecule has 1 saturated heterocycles. The fourth-order valence-electron chi connectivity index (χ4n) is 2.18. The summed E-state index contributed by atoms with van der Waals surface area (Å²) in [6.45, 7) is 8.62. The molecule has 2 N–H and O–H groups in total. The summed E-state index contributed by atoms with van der Waals surface area (Å²) in [4.78, 5) is 18.1. The Balaban J connectivity index is 1.93. The minimum atomic E-state index is -0.478. The lowest BCUT2D eigenvalue weighted by molar-refractivity contribution is 0.0271. The van der Waals surface area contributed by atoms with Crippen molar-refractivity contribution in [3.63, 3.8) is 0 Å². The summed E-state index contributed by atoms with van der Waals surface area (Å²) >= 11 is 0. The van der Waals surface area contributed by atoms with Crippen LogP contribution in [0.3, 0.4) is 0 Å². The van der Waals surface area contributed by atoms with Crippen molar-refractivity contribution in [2.45, 2.75) is 57.9 Å². The van der Waals surface area contributed by atoms with Crippen LogP contribution in [-0.4, -0.2) is 53.8 Å². The molecule has 0 aromatic heterocycles. The molecule has 1 fully saturated rings. The van der Waals surface area contributed by atoms with Gasteiger partial charge in [-0.2, -0.15) is 0 Å². The van der Waals surface area contributed by atoms with Crippen molar-refractivity contribution in [1.82, 2.24) is 4.90 Å². The van der Waals surface area contributed by atoms with Gasteiger partial charge in [0.05, 0.1) is 19.1 Å². The van der Waals surface area contributed by atoms with Crippen molar-refractivity contribution in [2.24, 2.45) is 10.7 Å². The van der Waals surface area contributed by atoms with E-state index >= 15 is 0 Å².